The first kappa shape index (κ1) is 7.32. The van der Waals surface area contributed by atoms with E-state index in [1.165, 1.54) is 12.1 Å². The highest BCUT2D eigenvalue weighted by molar-refractivity contribution is 5.56. The van der Waals surface area contributed by atoms with E-state index in [4.69, 9.17) is 5.73 Å². The number of hydrogen-bond donors (Lipinski definition) is 3. The van der Waals surface area contributed by atoms with E-state index in [9.17, 15) is 10.4 Å². The lowest BCUT2D eigenvalue weighted by molar-refractivity contribution is -1.49. The zero-order chi connectivity index (χ0) is 8.72. The number of benzene rings is 1. The van der Waals surface area contributed by atoms with Crippen molar-refractivity contribution < 1.29 is 15.3 Å². The van der Waals surface area contributed by atoms with Gasteiger partial charge in [-0.15, -0.1) is 5.17 Å². The van der Waals surface area contributed by atoms with Crippen molar-refractivity contribution >= 4 is 11.4 Å². The van der Waals surface area contributed by atoms with E-state index in [1.54, 1.807) is 6.07 Å². The van der Waals surface area contributed by atoms with Crippen LogP contribution in [0.15, 0.2) is 18.2 Å². The zero-order valence-electron chi connectivity index (χ0n) is 6.03. The Balaban J connectivity index is 2.48. The Labute approximate surface area is 67.8 Å². The van der Waals surface area contributed by atoms with Crippen LogP contribution in [0.25, 0.3) is 0 Å². The van der Waals surface area contributed by atoms with Gasteiger partial charge in [0.2, 0.25) is 5.69 Å². The summed E-state index contributed by atoms with van der Waals surface area (Å²) < 4.78 is 0. The molecule has 0 aliphatic carbocycles. The van der Waals surface area contributed by atoms with Crippen molar-refractivity contribution in [3.05, 3.63) is 28.6 Å². The SMILES string of the molecule is Nc1ccc2c(c1)[NH+]([O-])[NH+]([O-])O2. The molecule has 0 saturated heterocycles. The van der Waals surface area contributed by atoms with Gasteiger partial charge in [-0.3, -0.25) is 4.84 Å². The third-order valence-electron chi connectivity index (χ3n) is 1.64. The molecule has 0 bridgehead atoms. The van der Waals surface area contributed by atoms with E-state index < -0.39 is 10.5 Å². The van der Waals surface area contributed by atoms with Crippen LogP contribution in [0.2, 0.25) is 0 Å². The molecule has 2 rings (SSSR count). The van der Waals surface area contributed by atoms with Gasteiger partial charge < -0.3 is 16.1 Å². The molecule has 6 heteroatoms. The highest BCUT2D eigenvalue weighted by atomic mass is 17.0. The van der Waals surface area contributed by atoms with Crippen molar-refractivity contribution in [2.75, 3.05) is 5.73 Å². The average Bonchev–Trinajstić information content (AvgIpc) is 2.31. The molecule has 0 aromatic heterocycles. The van der Waals surface area contributed by atoms with Gasteiger partial charge in [-0.05, 0) is 17.5 Å². The predicted octanol–water partition coefficient (Wildman–Crippen LogP) is -2.11. The van der Waals surface area contributed by atoms with Gasteiger partial charge in [0.25, 0.3) is 5.75 Å². The number of hydrogen-bond acceptors (Lipinski definition) is 4. The summed E-state index contributed by atoms with van der Waals surface area (Å²) in [6, 6.07) is 4.51. The van der Waals surface area contributed by atoms with Crippen molar-refractivity contribution in [3.8, 4) is 5.75 Å². The van der Waals surface area contributed by atoms with Crippen molar-refractivity contribution in [3.63, 3.8) is 0 Å². The third kappa shape index (κ3) is 0.908. The Morgan fingerprint density at radius 3 is 2.83 bits per heavy atom. The molecule has 2 unspecified atom stereocenters. The third-order valence-corrected chi connectivity index (χ3v) is 1.64. The summed E-state index contributed by atoms with van der Waals surface area (Å²) in [5, 5.41) is 20.3. The number of nitrogen functional groups attached to an aromatic ring is 1. The molecule has 1 aliphatic heterocycles. The number of nitrogens with two attached hydrogens (primary N) is 1. The molecule has 12 heavy (non-hydrogen) atoms. The molecule has 1 aromatic rings. The van der Waals surface area contributed by atoms with Crippen LogP contribution in [0.1, 0.15) is 0 Å². The fourth-order valence-electron chi connectivity index (χ4n) is 1.07. The van der Waals surface area contributed by atoms with Gasteiger partial charge in [-0.2, -0.15) is 0 Å². The Bertz CT molecular complexity index is 317. The highest BCUT2D eigenvalue weighted by Crippen LogP contribution is 2.23. The molecular formula is C6H7N3O3. The van der Waals surface area contributed by atoms with E-state index >= 15 is 0 Å². The lowest BCUT2D eigenvalue weighted by Gasteiger charge is -2.20. The lowest BCUT2D eigenvalue weighted by atomic mass is 10.2. The van der Waals surface area contributed by atoms with Gasteiger partial charge in [-0.25, -0.2) is 0 Å². The standard InChI is InChI=1S/C6H7N3O3/c7-4-1-2-6-5(3-4)8(10)9(11)12-6/h1-3,8-9H,7H2. The van der Waals surface area contributed by atoms with Gasteiger partial charge in [0.15, 0.2) is 0 Å². The number of rotatable bonds is 0. The molecule has 1 heterocycles. The number of anilines is 1. The van der Waals surface area contributed by atoms with E-state index in [0.29, 0.717) is 11.4 Å². The van der Waals surface area contributed by atoms with Gasteiger partial charge in [-0.1, -0.05) is 0 Å². The second-order valence-electron chi connectivity index (χ2n) is 2.47. The van der Waals surface area contributed by atoms with Gasteiger partial charge in [0.1, 0.15) is 0 Å². The maximum absolute atomic E-state index is 11.0. The molecule has 0 radical (unpaired) electrons. The van der Waals surface area contributed by atoms with Crippen LogP contribution < -0.4 is 21.1 Å². The molecule has 1 aromatic carbocycles. The number of fused-ring (bicyclic) bond motifs is 1. The monoisotopic (exact) mass is 169 g/mol. The van der Waals surface area contributed by atoms with Crippen LogP contribution in [0.4, 0.5) is 11.4 Å². The smallest absolute Gasteiger partial charge is 0.263 e. The Morgan fingerprint density at radius 1 is 1.33 bits per heavy atom. The summed E-state index contributed by atoms with van der Waals surface area (Å²) in [5.41, 5.74) is 6.11. The number of nitrogens with one attached hydrogen (secondary N) is 2. The topological polar surface area (TPSA) is 90.2 Å². The van der Waals surface area contributed by atoms with Crippen molar-refractivity contribution in [1.82, 2.24) is 0 Å². The zero-order valence-corrected chi connectivity index (χ0v) is 6.03. The normalized spacial score (nSPS) is 26.5. The predicted molar refractivity (Wildman–Crippen MR) is 39.8 cm³/mol. The van der Waals surface area contributed by atoms with Gasteiger partial charge in [0, 0.05) is 11.8 Å². The summed E-state index contributed by atoms with van der Waals surface area (Å²) in [6.45, 7) is 0. The van der Waals surface area contributed by atoms with Crippen LogP contribution in [0.5, 0.6) is 5.75 Å². The first-order valence-corrected chi connectivity index (χ1v) is 3.34. The molecule has 0 amide bonds. The largest absolute Gasteiger partial charge is 0.575 e. The van der Waals surface area contributed by atoms with Crippen molar-refractivity contribution in [1.29, 1.82) is 0 Å². The van der Waals surface area contributed by atoms with Crippen LogP contribution >= 0.6 is 0 Å². The molecular weight excluding hydrogens is 162 g/mol. The maximum atomic E-state index is 11.0. The van der Waals surface area contributed by atoms with Gasteiger partial charge in [0.05, 0.1) is 0 Å². The summed E-state index contributed by atoms with van der Waals surface area (Å²) in [5.74, 6) is 0.291. The summed E-state index contributed by atoms with van der Waals surface area (Å²) in [4.78, 5) is 4.63. The number of quaternary nitrogens is 2. The molecule has 2 atom stereocenters. The highest BCUT2D eigenvalue weighted by Gasteiger charge is 2.27. The molecule has 0 saturated carbocycles. The lowest BCUT2D eigenvalue weighted by Crippen LogP contribution is -3.53. The van der Waals surface area contributed by atoms with Crippen LogP contribution in [-0.4, -0.2) is 0 Å². The first-order valence-electron chi connectivity index (χ1n) is 3.34. The Morgan fingerprint density at radius 2 is 2.08 bits per heavy atom. The van der Waals surface area contributed by atoms with Crippen LogP contribution in [0, 0.1) is 10.4 Å². The van der Waals surface area contributed by atoms with E-state index in [2.05, 4.69) is 4.84 Å². The fraction of sp³-hybridized carbons (Fsp3) is 0. The molecule has 0 spiro atoms. The van der Waals surface area contributed by atoms with Gasteiger partial charge >= 0.3 is 0 Å². The minimum atomic E-state index is -0.837. The first-order chi connectivity index (χ1) is 5.68. The molecule has 64 valence electrons. The summed E-state index contributed by atoms with van der Waals surface area (Å²) >= 11 is 0. The van der Waals surface area contributed by atoms with Crippen LogP contribution in [-0.2, 0) is 0 Å². The summed E-state index contributed by atoms with van der Waals surface area (Å²) in [6.07, 6.45) is 0. The fourth-order valence-corrected chi connectivity index (χ4v) is 1.07. The van der Waals surface area contributed by atoms with Crippen molar-refractivity contribution in [2.24, 2.45) is 0 Å². The molecule has 4 N–H and O–H groups in total. The average molecular weight is 169 g/mol. The van der Waals surface area contributed by atoms with E-state index in [0.717, 1.165) is 0 Å². The second kappa shape index (κ2) is 2.32. The van der Waals surface area contributed by atoms with Crippen LogP contribution in [0.3, 0.4) is 0 Å². The quantitative estimate of drug-likeness (QED) is 0.306. The minimum Gasteiger partial charge on any atom is -0.575 e. The Kier molecular flexibility index (Phi) is 1.42. The molecule has 6 nitrogen and oxygen atoms in total. The maximum Gasteiger partial charge on any atom is 0.263 e. The Hall–Kier alpha value is -1.34. The molecule has 1 aliphatic rings. The molecule has 0 fully saturated rings. The minimum absolute atomic E-state index is 0.250. The van der Waals surface area contributed by atoms with Crippen molar-refractivity contribution in [2.45, 2.75) is 0 Å². The second-order valence-corrected chi connectivity index (χ2v) is 2.47. The van der Waals surface area contributed by atoms with E-state index in [-0.39, 0.29) is 5.69 Å². The van der Waals surface area contributed by atoms with E-state index in [1.807, 2.05) is 0 Å². The summed E-state index contributed by atoms with van der Waals surface area (Å²) in [7, 11) is 0.